The molecule has 2 aromatic heterocycles. The Kier molecular flexibility index (Phi) is 6.79. The number of rotatable bonds is 7. The number of nitrogen functional groups attached to an aromatic ring is 1. The topological polar surface area (TPSA) is 128 Å². The van der Waals surface area contributed by atoms with Gasteiger partial charge in [-0.25, -0.2) is 9.97 Å². The summed E-state index contributed by atoms with van der Waals surface area (Å²) in [6.07, 6.45) is 6.62. The lowest BCUT2D eigenvalue weighted by Gasteiger charge is -2.28. The Morgan fingerprint density at radius 1 is 1.24 bits per heavy atom. The number of aromatic nitrogens is 4. The molecule has 0 aliphatic heterocycles. The average Bonchev–Trinajstić information content (AvgIpc) is 3.21. The number of carbonyl (C=O) groups is 2. The second-order valence-corrected chi connectivity index (χ2v) is 7.77. The summed E-state index contributed by atoms with van der Waals surface area (Å²) in [6, 6.07) is 3.58. The second-order valence-electron chi connectivity index (χ2n) is 7.77. The molecule has 156 valence electrons. The Hall–Kier alpha value is -2.97. The van der Waals surface area contributed by atoms with E-state index in [-0.39, 0.29) is 35.6 Å². The van der Waals surface area contributed by atoms with Crippen molar-refractivity contribution in [2.45, 2.75) is 58.0 Å². The molecule has 4 N–H and O–H groups in total. The van der Waals surface area contributed by atoms with Gasteiger partial charge in [-0.05, 0) is 43.7 Å². The molecule has 9 heteroatoms. The van der Waals surface area contributed by atoms with Crippen LogP contribution >= 0.6 is 0 Å². The van der Waals surface area contributed by atoms with Crippen LogP contribution in [0.3, 0.4) is 0 Å². The molecule has 29 heavy (non-hydrogen) atoms. The van der Waals surface area contributed by atoms with Crippen molar-refractivity contribution in [2.75, 3.05) is 12.3 Å². The maximum atomic E-state index is 12.6. The molecule has 9 nitrogen and oxygen atoms in total. The molecule has 1 aliphatic carbocycles. The largest absolute Gasteiger partial charge is 0.368 e. The summed E-state index contributed by atoms with van der Waals surface area (Å²) < 4.78 is 1.79. The highest BCUT2D eigenvalue weighted by molar-refractivity contribution is 5.92. The van der Waals surface area contributed by atoms with Crippen molar-refractivity contribution < 1.29 is 9.59 Å². The summed E-state index contributed by atoms with van der Waals surface area (Å²) in [4.78, 5) is 33.2. The van der Waals surface area contributed by atoms with Crippen LogP contribution in [0.4, 0.5) is 5.95 Å². The van der Waals surface area contributed by atoms with Gasteiger partial charge in [0.05, 0.1) is 6.54 Å². The average molecular weight is 399 g/mol. The molecule has 0 bridgehead atoms. The van der Waals surface area contributed by atoms with Gasteiger partial charge in [-0.1, -0.05) is 13.8 Å². The van der Waals surface area contributed by atoms with Gasteiger partial charge in [-0.3, -0.25) is 14.3 Å². The van der Waals surface area contributed by atoms with E-state index in [1.165, 1.54) is 0 Å². The Labute approximate surface area is 170 Å². The number of carbonyl (C=O) groups excluding carboxylic acids is 2. The third kappa shape index (κ3) is 5.75. The van der Waals surface area contributed by atoms with E-state index in [9.17, 15) is 9.59 Å². The quantitative estimate of drug-likeness (QED) is 0.647. The van der Waals surface area contributed by atoms with Gasteiger partial charge in [-0.15, -0.1) is 0 Å². The second kappa shape index (κ2) is 9.49. The fourth-order valence-electron chi connectivity index (χ4n) is 3.53. The number of amides is 2. The van der Waals surface area contributed by atoms with Crippen LogP contribution < -0.4 is 16.4 Å². The van der Waals surface area contributed by atoms with Crippen molar-refractivity contribution >= 4 is 17.8 Å². The van der Waals surface area contributed by atoms with E-state index in [2.05, 4.69) is 25.7 Å². The number of hydrogen-bond donors (Lipinski definition) is 3. The van der Waals surface area contributed by atoms with Crippen LogP contribution in [-0.4, -0.2) is 44.1 Å². The molecule has 0 radical (unpaired) electrons. The Morgan fingerprint density at radius 2 is 2.00 bits per heavy atom. The monoisotopic (exact) mass is 399 g/mol. The zero-order chi connectivity index (χ0) is 20.8. The molecule has 2 aromatic rings. The fourth-order valence-corrected chi connectivity index (χ4v) is 3.53. The summed E-state index contributed by atoms with van der Waals surface area (Å²) in [7, 11) is 0. The van der Waals surface area contributed by atoms with Crippen LogP contribution in [0.5, 0.6) is 0 Å². The lowest BCUT2D eigenvalue weighted by molar-refractivity contribution is -0.126. The predicted molar refractivity (Wildman–Crippen MR) is 109 cm³/mol. The standard InChI is InChI=1S/C20H29N7O2/c1-13(2)16-12-17(26-20(21)25-16)19(29)24-15-6-4-14(5-7-15)18(28)22-9-11-27-10-3-8-23-27/h3,8,10,12-15H,4-7,9,11H2,1-2H3,(H,22,28)(H,24,29)(H2,21,25,26). The number of nitrogens with two attached hydrogens (primary N) is 1. The number of nitrogens with zero attached hydrogens (tertiary/aromatic N) is 4. The lowest BCUT2D eigenvalue weighted by atomic mass is 9.85. The van der Waals surface area contributed by atoms with E-state index in [0.29, 0.717) is 18.8 Å². The molecule has 0 unspecified atom stereocenters. The van der Waals surface area contributed by atoms with Gasteiger partial charge in [0.15, 0.2) is 0 Å². The van der Waals surface area contributed by atoms with Gasteiger partial charge >= 0.3 is 0 Å². The third-order valence-corrected chi connectivity index (χ3v) is 5.22. The molecular weight excluding hydrogens is 370 g/mol. The van der Waals surface area contributed by atoms with Crippen molar-refractivity contribution in [1.82, 2.24) is 30.4 Å². The van der Waals surface area contributed by atoms with Crippen LogP contribution in [-0.2, 0) is 11.3 Å². The van der Waals surface area contributed by atoms with Crippen LogP contribution in [0.1, 0.15) is 61.6 Å². The van der Waals surface area contributed by atoms with Crippen LogP contribution in [0.25, 0.3) is 0 Å². The van der Waals surface area contributed by atoms with Crippen molar-refractivity contribution in [3.63, 3.8) is 0 Å². The fraction of sp³-hybridized carbons (Fsp3) is 0.550. The minimum absolute atomic E-state index is 0.0111. The zero-order valence-corrected chi connectivity index (χ0v) is 17.0. The van der Waals surface area contributed by atoms with Crippen molar-refractivity contribution in [2.24, 2.45) is 5.92 Å². The Bertz CT molecular complexity index is 827. The van der Waals surface area contributed by atoms with E-state index >= 15 is 0 Å². The normalized spacial score (nSPS) is 19.1. The van der Waals surface area contributed by atoms with Gasteiger partial charge in [-0.2, -0.15) is 5.10 Å². The first-order chi connectivity index (χ1) is 13.9. The van der Waals surface area contributed by atoms with Crippen LogP contribution in [0.15, 0.2) is 24.5 Å². The summed E-state index contributed by atoms with van der Waals surface area (Å²) in [6.45, 7) is 5.20. The zero-order valence-electron chi connectivity index (χ0n) is 17.0. The molecule has 1 fully saturated rings. The van der Waals surface area contributed by atoms with Gasteiger partial charge in [0, 0.05) is 36.6 Å². The minimum atomic E-state index is -0.242. The predicted octanol–water partition coefficient (Wildman–Crippen LogP) is 1.48. The molecule has 0 aromatic carbocycles. The molecule has 0 spiro atoms. The van der Waals surface area contributed by atoms with Crippen LogP contribution in [0.2, 0.25) is 0 Å². The maximum absolute atomic E-state index is 12.6. The van der Waals surface area contributed by atoms with E-state index in [4.69, 9.17) is 5.73 Å². The smallest absolute Gasteiger partial charge is 0.270 e. The molecular formula is C20H29N7O2. The first kappa shape index (κ1) is 20.8. The highest BCUT2D eigenvalue weighted by Gasteiger charge is 2.27. The molecule has 0 atom stereocenters. The molecule has 3 rings (SSSR count). The summed E-state index contributed by atoms with van der Waals surface area (Å²) in [5, 5.41) is 10.1. The number of nitrogens with one attached hydrogen (secondary N) is 2. The van der Waals surface area contributed by atoms with E-state index in [0.717, 1.165) is 31.4 Å². The van der Waals surface area contributed by atoms with Gasteiger partial charge < -0.3 is 16.4 Å². The molecule has 0 saturated heterocycles. The van der Waals surface area contributed by atoms with Crippen LogP contribution in [0, 0.1) is 5.92 Å². The third-order valence-electron chi connectivity index (χ3n) is 5.22. The van der Waals surface area contributed by atoms with E-state index < -0.39 is 0 Å². The van der Waals surface area contributed by atoms with Crippen molar-refractivity contribution in [3.05, 3.63) is 35.9 Å². The number of hydrogen-bond acceptors (Lipinski definition) is 6. The maximum Gasteiger partial charge on any atom is 0.270 e. The highest BCUT2D eigenvalue weighted by atomic mass is 16.2. The minimum Gasteiger partial charge on any atom is -0.368 e. The Morgan fingerprint density at radius 3 is 2.66 bits per heavy atom. The molecule has 1 aliphatic rings. The Balaban J connectivity index is 1.44. The highest BCUT2D eigenvalue weighted by Crippen LogP contribution is 2.25. The van der Waals surface area contributed by atoms with E-state index in [1.807, 2.05) is 26.1 Å². The number of anilines is 1. The molecule has 2 amide bonds. The van der Waals surface area contributed by atoms with Gasteiger partial charge in [0.2, 0.25) is 11.9 Å². The summed E-state index contributed by atoms with van der Waals surface area (Å²) in [5.74, 6) is 0.0918. The lowest BCUT2D eigenvalue weighted by Crippen LogP contribution is -2.41. The first-order valence-corrected chi connectivity index (χ1v) is 10.1. The first-order valence-electron chi connectivity index (χ1n) is 10.1. The van der Waals surface area contributed by atoms with Crippen molar-refractivity contribution in [3.8, 4) is 0 Å². The molecule has 1 saturated carbocycles. The van der Waals surface area contributed by atoms with Gasteiger partial charge in [0.25, 0.3) is 5.91 Å². The van der Waals surface area contributed by atoms with Gasteiger partial charge in [0.1, 0.15) is 5.69 Å². The van der Waals surface area contributed by atoms with E-state index in [1.54, 1.807) is 16.9 Å². The molecule has 2 heterocycles. The summed E-state index contributed by atoms with van der Waals surface area (Å²) >= 11 is 0. The SMILES string of the molecule is CC(C)c1cc(C(=O)NC2CCC(C(=O)NCCn3cccn3)CC2)nc(N)n1. The van der Waals surface area contributed by atoms with Crippen molar-refractivity contribution in [1.29, 1.82) is 0 Å². The summed E-state index contributed by atoms with van der Waals surface area (Å²) in [5.41, 5.74) is 6.78.